The summed E-state index contributed by atoms with van der Waals surface area (Å²) in [5.74, 6) is -0.997. The highest BCUT2D eigenvalue weighted by molar-refractivity contribution is 5.99. The van der Waals surface area contributed by atoms with Crippen molar-refractivity contribution in [1.82, 2.24) is 4.90 Å². The van der Waals surface area contributed by atoms with Crippen molar-refractivity contribution < 1.29 is 22.8 Å². The molecule has 0 aliphatic carbocycles. The number of likely N-dealkylation sites (N-methyl/N-ethyl adjacent to an activating group) is 1. The van der Waals surface area contributed by atoms with Gasteiger partial charge >= 0.3 is 6.18 Å². The number of nitrogens with zero attached hydrogens (tertiary/aromatic N) is 1. The molecule has 0 fully saturated rings. The standard InChI is InChI=1S/C25H24F3N3O2/c1-17(24(33)30-21-14-8-6-12-19(21)18-10-4-3-5-11-18)31(2)16-23(32)29-22-15-9-7-13-20(22)25(26,27)28/h3-15,17H,16H2,1-2H3,(H,29,32)(H,30,33)/t17-/m1/s1. The second kappa shape index (κ2) is 10.3. The average molecular weight is 455 g/mol. The maximum absolute atomic E-state index is 13.1. The number of rotatable bonds is 7. The van der Waals surface area contributed by atoms with E-state index in [-0.39, 0.29) is 18.1 Å². The topological polar surface area (TPSA) is 61.4 Å². The van der Waals surface area contributed by atoms with E-state index in [1.165, 1.54) is 23.1 Å². The summed E-state index contributed by atoms with van der Waals surface area (Å²) in [7, 11) is 1.56. The molecule has 0 bridgehead atoms. The fraction of sp³-hybridized carbons (Fsp3) is 0.200. The van der Waals surface area contributed by atoms with Gasteiger partial charge in [-0.05, 0) is 37.7 Å². The Morgan fingerprint density at radius 2 is 1.42 bits per heavy atom. The minimum atomic E-state index is -4.59. The Morgan fingerprint density at radius 1 is 0.848 bits per heavy atom. The number of carbonyl (C=O) groups is 2. The van der Waals surface area contributed by atoms with E-state index in [9.17, 15) is 22.8 Å². The first-order valence-electron chi connectivity index (χ1n) is 10.3. The van der Waals surface area contributed by atoms with Gasteiger partial charge in [0.1, 0.15) is 0 Å². The van der Waals surface area contributed by atoms with Gasteiger partial charge in [0.2, 0.25) is 11.8 Å². The van der Waals surface area contributed by atoms with Crippen LogP contribution in [0.3, 0.4) is 0 Å². The van der Waals surface area contributed by atoms with E-state index in [4.69, 9.17) is 0 Å². The molecule has 5 nitrogen and oxygen atoms in total. The van der Waals surface area contributed by atoms with Gasteiger partial charge in [-0.3, -0.25) is 14.5 Å². The van der Waals surface area contributed by atoms with Crippen LogP contribution in [0.4, 0.5) is 24.5 Å². The molecule has 0 aromatic heterocycles. The number of para-hydroxylation sites is 2. The van der Waals surface area contributed by atoms with Crippen LogP contribution in [0.1, 0.15) is 12.5 Å². The number of alkyl halides is 3. The van der Waals surface area contributed by atoms with Crippen LogP contribution in [0.15, 0.2) is 78.9 Å². The monoisotopic (exact) mass is 455 g/mol. The number of amides is 2. The first kappa shape index (κ1) is 24.0. The molecule has 3 aromatic carbocycles. The highest BCUT2D eigenvalue weighted by Crippen LogP contribution is 2.34. The number of halogens is 3. The Hall–Kier alpha value is -3.65. The quantitative estimate of drug-likeness (QED) is 0.510. The highest BCUT2D eigenvalue weighted by atomic mass is 19.4. The molecule has 3 rings (SSSR count). The maximum atomic E-state index is 13.1. The van der Waals surface area contributed by atoms with Crippen molar-refractivity contribution in [1.29, 1.82) is 0 Å². The molecule has 0 aliphatic rings. The summed E-state index contributed by atoms with van der Waals surface area (Å²) in [6, 6.07) is 21.0. The summed E-state index contributed by atoms with van der Waals surface area (Å²) in [5, 5.41) is 5.17. The van der Waals surface area contributed by atoms with E-state index in [1.807, 2.05) is 48.5 Å². The van der Waals surface area contributed by atoms with Crippen LogP contribution in [0, 0.1) is 0 Å². The van der Waals surface area contributed by atoms with Gasteiger partial charge in [-0.15, -0.1) is 0 Å². The fourth-order valence-electron chi connectivity index (χ4n) is 3.29. The number of hydrogen-bond donors (Lipinski definition) is 2. The van der Waals surface area contributed by atoms with E-state index < -0.39 is 23.7 Å². The second-order valence-corrected chi connectivity index (χ2v) is 7.58. The molecule has 172 valence electrons. The molecule has 33 heavy (non-hydrogen) atoms. The van der Waals surface area contributed by atoms with Crippen LogP contribution in [0.5, 0.6) is 0 Å². The lowest BCUT2D eigenvalue weighted by molar-refractivity contribution is -0.137. The largest absolute Gasteiger partial charge is 0.418 e. The number of benzene rings is 3. The lowest BCUT2D eigenvalue weighted by Crippen LogP contribution is -2.43. The Morgan fingerprint density at radius 3 is 2.09 bits per heavy atom. The molecular weight excluding hydrogens is 431 g/mol. The number of nitrogens with one attached hydrogen (secondary N) is 2. The van der Waals surface area contributed by atoms with Crippen LogP contribution < -0.4 is 10.6 Å². The van der Waals surface area contributed by atoms with E-state index in [1.54, 1.807) is 20.0 Å². The lowest BCUT2D eigenvalue weighted by atomic mass is 10.0. The predicted octanol–water partition coefficient (Wildman–Crippen LogP) is 5.27. The van der Waals surface area contributed by atoms with Gasteiger partial charge in [-0.25, -0.2) is 0 Å². The Bertz CT molecular complexity index is 1120. The smallest absolute Gasteiger partial charge is 0.324 e. The first-order chi connectivity index (χ1) is 15.7. The summed E-state index contributed by atoms with van der Waals surface area (Å²) in [5.41, 5.74) is 1.17. The summed E-state index contributed by atoms with van der Waals surface area (Å²) in [6.07, 6.45) is -4.59. The van der Waals surface area contributed by atoms with Crippen LogP contribution in [-0.2, 0) is 15.8 Å². The summed E-state index contributed by atoms with van der Waals surface area (Å²) < 4.78 is 39.4. The third-order valence-corrected chi connectivity index (χ3v) is 5.21. The van der Waals surface area contributed by atoms with Crippen molar-refractivity contribution in [3.63, 3.8) is 0 Å². The van der Waals surface area contributed by atoms with Gasteiger partial charge in [-0.1, -0.05) is 60.7 Å². The summed E-state index contributed by atoms with van der Waals surface area (Å²) in [4.78, 5) is 26.7. The van der Waals surface area contributed by atoms with Crippen molar-refractivity contribution in [3.05, 3.63) is 84.4 Å². The summed E-state index contributed by atoms with van der Waals surface area (Å²) in [6.45, 7) is 1.36. The molecule has 0 spiro atoms. The molecule has 3 aromatic rings. The van der Waals surface area contributed by atoms with Crippen molar-refractivity contribution in [2.24, 2.45) is 0 Å². The van der Waals surface area contributed by atoms with Crippen LogP contribution in [-0.4, -0.2) is 36.3 Å². The molecule has 1 atom stereocenters. The number of carbonyl (C=O) groups excluding carboxylic acids is 2. The SMILES string of the molecule is C[C@H](C(=O)Nc1ccccc1-c1ccccc1)N(C)CC(=O)Nc1ccccc1C(F)(F)F. The van der Waals surface area contributed by atoms with Crippen LogP contribution >= 0.6 is 0 Å². The fourth-order valence-corrected chi connectivity index (χ4v) is 3.29. The number of anilines is 2. The van der Waals surface area contributed by atoms with E-state index >= 15 is 0 Å². The van der Waals surface area contributed by atoms with Crippen LogP contribution in [0.25, 0.3) is 11.1 Å². The number of hydrogen-bond acceptors (Lipinski definition) is 3. The van der Waals surface area contributed by atoms with Crippen LogP contribution in [0.2, 0.25) is 0 Å². The van der Waals surface area contributed by atoms with Gasteiger partial charge in [-0.2, -0.15) is 13.2 Å². The predicted molar refractivity (Wildman–Crippen MR) is 123 cm³/mol. The van der Waals surface area contributed by atoms with Gasteiger partial charge in [0, 0.05) is 11.3 Å². The van der Waals surface area contributed by atoms with Crippen molar-refractivity contribution in [2.75, 3.05) is 24.2 Å². The van der Waals surface area contributed by atoms with E-state index in [0.717, 1.165) is 17.2 Å². The van der Waals surface area contributed by atoms with E-state index in [2.05, 4.69) is 10.6 Å². The Labute approximate surface area is 190 Å². The zero-order chi connectivity index (χ0) is 24.0. The zero-order valence-electron chi connectivity index (χ0n) is 18.2. The Kier molecular flexibility index (Phi) is 7.50. The van der Waals surface area contributed by atoms with Gasteiger partial charge in [0.05, 0.1) is 23.8 Å². The normalized spacial score (nSPS) is 12.3. The first-order valence-corrected chi connectivity index (χ1v) is 10.3. The molecule has 0 unspecified atom stereocenters. The zero-order valence-corrected chi connectivity index (χ0v) is 18.2. The third-order valence-electron chi connectivity index (χ3n) is 5.21. The van der Waals surface area contributed by atoms with Crippen molar-refractivity contribution >= 4 is 23.2 Å². The van der Waals surface area contributed by atoms with Gasteiger partial charge in [0.15, 0.2) is 0 Å². The lowest BCUT2D eigenvalue weighted by Gasteiger charge is -2.24. The molecule has 0 saturated carbocycles. The van der Waals surface area contributed by atoms with Crippen molar-refractivity contribution in [2.45, 2.75) is 19.1 Å². The average Bonchev–Trinajstić information content (AvgIpc) is 2.79. The molecule has 8 heteroatoms. The highest BCUT2D eigenvalue weighted by Gasteiger charge is 2.33. The molecule has 0 aliphatic heterocycles. The minimum Gasteiger partial charge on any atom is -0.324 e. The molecular formula is C25H24F3N3O2. The minimum absolute atomic E-state index is 0.263. The molecule has 0 heterocycles. The second-order valence-electron chi connectivity index (χ2n) is 7.58. The van der Waals surface area contributed by atoms with E-state index in [0.29, 0.717) is 5.69 Å². The van der Waals surface area contributed by atoms with Crippen molar-refractivity contribution in [3.8, 4) is 11.1 Å². The van der Waals surface area contributed by atoms with Gasteiger partial charge < -0.3 is 10.6 Å². The third kappa shape index (κ3) is 6.20. The summed E-state index contributed by atoms with van der Waals surface area (Å²) >= 11 is 0. The molecule has 2 amide bonds. The Balaban J connectivity index is 1.65. The molecule has 2 N–H and O–H groups in total. The molecule has 0 saturated heterocycles. The maximum Gasteiger partial charge on any atom is 0.418 e. The van der Waals surface area contributed by atoms with Gasteiger partial charge in [0.25, 0.3) is 0 Å². The molecule has 0 radical (unpaired) electrons.